The van der Waals surface area contributed by atoms with Crippen LogP contribution >= 0.6 is 11.3 Å². The molecule has 4 rings (SSSR count). The van der Waals surface area contributed by atoms with Gasteiger partial charge < -0.3 is 4.57 Å². The minimum absolute atomic E-state index is 0.705. The summed E-state index contributed by atoms with van der Waals surface area (Å²) in [7, 11) is 2.08. The first kappa shape index (κ1) is 12.2. The van der Waals surface area contributed by atoms with E-state index in [1.165, 1.54) is 20.7 Å². The Kier molecular flexibility index (Phi) is 2.60. The molecule has 0 atom stereocenters. The third-order valence-electron chi connectivity index (χ3n) is 3.85. The molecule has 0 spiro atoms. The number of hydrogen-bond acceptors (Lipinski definition) is 2. The zero-order valence-electron chi connectivity index (χ0n) is 11.5. The van der Waals surface area contributed by atoms with Gasteiger partial charge in [0.15, 0.2) is 0 Å². The summed E-state index contributed by atoms with van der Waals surface area (Å²) >= 11 is 1.80. The second-order valence-corrected chi connectivity index (χ2v) is 6.21. The quantitative estimate of drug-likeness (QED) is 0.488. The van der Waals surface area contributed by atoms with Crippen LogP contribution in [0.1, 0.15) is 5.56 Å². The predicted octanol–water partition coefficient (Wildman–Crippen LogP) is 4.93. The van der Waals surface area contributed by atoms with Gasteiger partial charge in [-0.1, -0.05) is 18.2 Å². The average Bonchev–Trinajstić information content (AvgIpc) is 3.08. The monoisotopic (exact) mass is 288 g/mol. The molecule has 0 unspecified atom stereocenters. The van der Waals surface area contributed by atoms with Crippen molar-refractivity contribution in [1.82, 2.24) is 4.57 Å². The van der Waals surface area contributed by atoms with Gasteiger partial charge in [0, 0.05) is 22.7 Å². The van der Waals surface area contributed by atoms with Crippen LogP contribution in [0.3, 0.4) is 0 Å². The number of nitrogens with zero attached hydrogens (tertiary/aromatic N) is 2. The number of aromatic nitrogens is 1. The molecule has 3 heteroatoms. The van der Waals surface area contributed by atoms with Crippen molar-refractivity contribution in [3.63, 3.8) is 0 Å². The van der Waals surface area contributed by atoms with E-state index in [0.29, 0.717) is 5.56 Å². The lowest BCUT2D eigenvalue weighted by atomic mass is 10.2. The number of hydrogen-bond donors (Lipinski definition) is 0. The molecule has 0 bridgehead atoms. The van der Waals surface area contributed by atoms with Crippen LogP contribution in [0, 0.1) is 11.3 Å². The van der Waals surface area contributed by atoms with E-state index >= 15 is 0 Å². The second-order valence-electron chi connectivity index (χ2n) is 5.12. The van der Waals surface area contributed by atoms with E-state index in [-0.39, 0.29) is 0 Å². The van der Waals surface area contributed by atoms with Gasteiger partial charge in [-0.15, -0.1) is 11.3 Å². The molecule has 2 aromatic heterocycles. The Bertz CT molecular complexity index is 982. The zero-order valence-corrected chi connectivity index (χ0v) is 12.3. The smallest absolute Gasteiger partial charge is 0.0991 e. The molecule has 0 radical (unpaired) electrons. The van der Waals surface area contributed by atoms with Crippen LogP contribution in [0.4, 0.5) is 0 Å². The average molecular weight is 288 g/mol. The van der Waals surface area contributed by atoms with Crippen LogP contribution < -0.4 is 0 Å². The number of aryl methyl sites for hydroxylation is 1. The number of thiophene rings is 1. The topological polar surface area (TPSA) is 28.7 Å². The summed E-state index contributed by atoms with van der Waals surface area (Å²) in [6.07, 6.45) is 0. The van der Waals surface area contributed by atoms with Crippen LogP contribution in [-0.2, 0) is 7.05 Å². The zero-order chi connectivity index (χ0) is 14.4. The highest BCUT2D eigenvalue weighted by atomic mass is 32.1. The maximum absolute atomic E-state index is 9.03. The summed E-state index contributed by atoms with van der Waals surface area (Å²) in [5.41, 5.74) is 3.05. The number of rotatable bonds is 1. The van der Waals surface area contributed by atoms with Crippen molar-refractivity contribution in [3.8, 4) is 16.6 Å². The Morgan fingerprint density at radius 2 is 1.86 bits per heavy atom. The first-order valence-electron chi connectivity index (χ1n) is 6.75. The van der Waals surface area contributed by atoms with Crippen molar-refractivity contribution in [2.24, 2.45) is 7.05 Å². The van der Waals surface area contributed by atoms with Gasteiger partial charge in [0.05, 0.1) is 22.2 Å². The van der Waals surface area contributed by atoms with E-state index in [1.807, 2.05) is 18.2 Å². The van der Waals surface area contributed by atoms with Crippen molar-refractivity contribution >= 4 is 32.3 Å². The van der Waals surface area contributed by atoms with Crippen molar-refractivity contribution in [1.29, 1.82) is 5.26 Å². The maximum atomic E-state index is 9.03. The van der Waals surface area contributed by atoms with Crippen LogP contribution in [0.25, 0.3) is 31.6 Å². The molecule has 2 nitrogen and oxygen atoms in total. The second kappa shape index (κ2) is 4.47. The molecule has 100 valence electrons. The van der Waals surface area contributed by atoms with E-state index in [9.17, 15) is 0 Å². The van der Waals surface area contributed by atoms with Gasteiger partial charge >= 0.3 is 0 Å². The largest absolute Gasteiger partial charge is 0.343 e. The summed E-state index contributed by atoms with van der Waals surface area (Å²) in [5, 5.41) is 11.4. The molecule has 0 saturated heterocycles. The number of nitriles is 1. The molecule has 0 saturated carbocycles. The van der Waals surface area contributed by atoms with Crippen molar-refractivity contribution in [2.45, 2.75) is 0 Å². The molecule has 21 heavy (non-hydrogen) atoms. The Morgan fingerprint density at radius 1 is 1.00 bits per heavy atom. The lowest BCUT2D eigenvalue weighted by Gasteiger charge is -2.01. The van der Waals surface area contributed by atoms with E-state index in [4.69, 9.17) is 5.26 Å². The van der Waals surface area contributed by atoms with Crippen molar-refractivity contribution < 1.29 is 0 Å². The van der Waals surface area contributed by atoms with E-state index in [1.54, 1.807) is 11.3 Å². The van der Waals surface area contributed by atoms with E-state index in [0.717, 1.165) is 10.9 Å². The normalized spacial score (nSPS) is 11.0. The predicted molar refractivity (Wildman–Crippen MR) is 88.5 cm³/mol. The van der Waals surface area contributed by atoms with E-state index < -0.39 is 0 Å². The summed E-state index contributed by atoms with van der Waals surface area (Å²) in [5.74, 6) is 0. The fraction of sp³-hybridized carbons (Fsp3) is 0.0556. The molecular formula is C18H12N2S. The highest BCUT2D eigenvalue weighted by Gasteiger charge is 2.11. The minimum Gasteiger partial charge on any atom is -0.343 e. The molecular weight excluding hydrogens is 276 g/mol. The molecule has 0 amide bonds. The van der Waals surface area contributed by atoms with Crippen LogP contribution in [0.2, 0.25) is 0 Å². The van der Waals surface area contributed by atoms with Gasteiger partial charge in [0.2, 0.25) is 0 Å². The lowest BCUT2D eigenvalue weighted by molar-refractivity contribution is 0.981. The summed E-state index contributed by atoms with van der Waals surface area (Å²) in [6.45, 7) is 0. The maximum Gasteiger partial charge on any atom is 0.0991 e. The molecule has 0 aliphatic carbocycles. The minimum atomic E-state index is 0.705. The Morgan fingerprint density at radius 3 is 2.67 bits per heavy atom. The highest BCUT2D eigenvalue weighted by Crippen LogP contribution is 2.36. The number of benzene rings is 2. The fourth-order valence-electron chi connectivity index (χ4n) is 2.76. The first-order valence-corrected chi connectivity index (χ1v) is 7.56. The number of fused-ring (bicyclic) bond motifs is 2. The van der Waals surface area contributed by atoms with Crippen molar-refractivity contribution in [3.05, 3.63) is 60.2 Å². The summed E-state index contributed by atoms with van der Waals surface area (Å²) in [6, 6.07) is 20.9. The summed E-state index contributed by atoms with van der Waals surface area (Å²) < 4.78 is 3.50. The molecule has 0 aliphatic rings. The molecule has 0 aliphatic heterocycles. The van der Waals surface area contributed by atoms with Gasteiger partial charge in [-0.3, -0.25) is 0 Å². The summed E-state index contributed by atoms with van der Waals surface area (Å²) in [4.78, 5) is 1.26. The van der Waals surface area contributed by atoms with Gasteiger partial charge in [0.1, 0.15) is 0 Å². The van der Waals surface area contributed by atoms with Gasteiger partial charge in [-0.2, -0.15) is 5.26 Å². The molecule has 0 fully saturated rings. The van der Waals surface area contributed by atoms with Gasteiger partial charge in [-0.05, 0) is 41.8 Å². The van der Waals surface area contributed by atoms with E-state index in [2.05, 4.69) is 54.1 Å². The fourth-order valence-corrected chi connectivity index (χ4v) is 3.88. The Labute approximate surface area is 126 Å². The highest BCUT2D eigenvalue weighted by molar-refractivity contribution is 7.22. The van der Waals surface area contributed by atoms with Crippen LogP contribution in [-0.4, -0.2) is 4.57 Å². The lowest BCUT2D eigenvalue weighted by Crippen LogP contribution is -1.89. The van der Waals surface area contributed by atoms with Crippen LogP contribution in [0.5, 0.6) is 0 Å². The van der Waals surface area contributed by atoms with Crippen LogP contribution in [0.15, 0.2) is 54.6 Å². The molecule has 2 aromatic carbocycles. The third kappa shape index (κ3) is 1.84. The van der Waals surface area contributed by atoms with Gasteiger partial charge in [0.25, 0.3) is 0 Å². The van der Waals surface area contributed by atoms with Gasteiger partial charge in [-0.25, -0.2) is 0 Å². The Hall–Kier alpha value is -2.57. The van der Waals surface area contributed by atoms with Crippen molar-refractivity contribution in [2.75, 3.05) is 0 Å². The molecule has 0 N–H and O–H groups in total. The SMILES string of the molecule is Cn1c(-c2cc3ccccc3s2)cc2cc(C#N)ccc21. The molecule has 2 heterocycles. The third-order valence-corrected chi connectivity index (χ3v) is 4.99. The molecule has 4 aromatic rings. The standard InChI is InChI=1S/C18H12N2S/c1-20-15-7-6-12(11-19)8-14(15)9-16(20)18-10-13-4-2-3-5-17(13)21-18/h2-10H,1H3. The Balaban J connectivity index is 1.97. The first-order chi connectivity index (χ1) is 10.3.